The van der Waals surface area contributed by atoms with Gasteiger partial charge in [-0.1, -0.05) is 18.2 Å². The van der Waals surface area contributed by atoms with Crippen LogP contribution < -0.4 is 0 Å². The topological polar surface area (TPSA) is 51.2 Å². The summed E-state index contributed by atoms with van der Waals surface area (Å²) in [5.74, 6) is -0.346. The molecule has 1 fully saturated rings. The van der Waals surface area contributed by atoms with Crippen LogP contribution in [0.15, 0.2) is 35.2 Å². The summed E-state index contributed by atoms with van der Waals surface area (Å²) in [6.07, 6.45) is 1.46. The highest BCUT2D eigenvalue weighted by Gasteiger charge is 2.33. The van der Waals surface area contributed by atoms with Gasteiger partial charge in [0, 0.05) is 11.8 Å². The van der Waals surface area contributed by atoms with Crippen molar-refractivity contribution in [3.8, 4) is 0 Å². The lowest BCUT2D eigenvalue weighted by atomic mass is 9.99. The number of carbonyl (C=O) groups excluding carboxylic acids is 1. The van der Waals surface area contributed by atoms with Gasteiger partial charge in [0.1, 0.15) is 12.3 Å². The highest BCUT2D eigenvalue weighted by molar-refractivity contribution is 7.90. The van der Waals surface area contributed by atoms with Crippen LogP contribution in [0.3, 0.4) is 0 Å². The first-order chi connectivity index (χ1) is 9.81. The number of hydrogen-bond donors (Lipinski definition) is 0. The lowest BCUT2D eigenvalue weighted by Gasteiger charge is -2.06. The molecule has 0 unspecified atom stereocenters. The molecule has 1 aromatic carbocycles. The van der Waals surface area contributed by atoms with Crippen molar-refractivity contribution in [2.75, 3.05) is 6.26 Å². The van der Waals surface area contributed by atoms with Crippen LogP contribution >= 0.6 is 0 Å². The molecule has 0 heterocycles. The molecule has 3 atom stereocenters. The SMILES string of the molecule is CS(=O)(=O)c1ccc(/C([C]=O)=C\[C@H]2C[C@@H](F)[C@@H](F)C2)cc1. The monoisotopic (exact) mass is 313 g/mol. The smallest absolute Gasteiger partial charge is 0.233 e. The molecule has 0 spiro atoms. The van der Waals surface area contributed by atoms with Crippen LogP contribution in [-0.2, 0) is 14.6 Å². The van der Waals surface area contributed by atoms with Gasteiger partial charge in [-0.25, -0.2) is 17.2 Å². The molecule has 1 saturated carbocycles. The second-order valence-corrected chi connectivity index (χ2v) is 7.26. The third-order valence-corrected chi connectivity index (χ3v) is 4.68. The molecule has 6 heteroatoms. The van der Waals surface area contributed by atoms with Gasteiger partial charge in [-0.2, -0.15) is 0 Å². The lowest BCUT2D eigenvalue weighted by Crippen LogP contribution is -2.06. The van der Waals surface area contributed by atoms with Crippen molar-refractivity contribution in [3.05, 3.63) is 35.9 Å². The quantitative estimate of drug-likeness (QED) is 0.803. The summed E-state index contributed by atoms with van der Waals surface area (Å²) in [6.45, 7) is 0. The highest BCUT2D eigenvalue weighted by atomic mass is 32.2. The molecule has 1 aliphatic carbocycles. The van der Waals surface area contributed by atoms with Gasteiger partial charge in [0.25, 0.3) is 0 Å². The van der Waals surface area contributed by atoms with Crippen molar-refractivity contribution in [1.82, 2.24) is 0 Å². The predicted octanol–water partition coefficient (Wildman–Crippen LogP) is 2.67. The first-order valence-corrected chi connectivity index (χ1v) is 8.39. The maximum absolute atomic E-state index is 13.1. The number of halogens is 2. The summed E-state index contributed by atoms with van der Waals surface area (Å²) in [4.78, 5) is 11.2. The average Bonchev–Trinajstić information content (AvgIpc) is 2.74. The summed E-state index contributed by atoms with van der Waals surface area (Å²) in [5, 5.41) is 0. The number of allylic oxidation sites excluding steroid dienone is 2. The second kappa shape index (κ2) is 6.05. The molecule has 1 radical (unpaired) electrons. The van der Waals surface area contributed by atoms with E-state index in [9.17, 15) is 22.0 Å². The molecule has 1 aromatic rings. The number of benzene rings is 1. The molecule has 0 N–H and O–H groups in total. The Morgan fingerprint density at radius 2 is 1.71 bits per heavy atom. The van der Waals surface area contributed by atoms with E-state index in [1.807, 2.05) is 0 Å². The second-order valence-electron chi connectivity index (χ2n) is 5.24. The molecule has 1 aliphatic rings. The zero-order valence-electron chi connectivity index (χ0n) is 11.4. The zero-order valence-corrected chi connectivity index (χ0v) is 12.2. The highest BCUT2D eigenvalue weighted by Crippen LogP contribution is 2.33. The average molecular weight is 313 g/mol. The third-order valence-electron chi connectivity index (χ3n) is 3.55. The molecular weight excluding hydrogens is 298 g/mol. The van der Waals surface area contributed by atoms with Crippen LogP contribution in [0, 0.1) is 5.92 Å². The van der Waals surface area contributed by atoms with Crippen molar-refractivity contribution in [2.24, 2.45) is 5.92 Å². The Kier molecular flexibility index (Phi) is 4.56. The normalized spacial score (nSPS) is 26.8. The van der Waals surface area contributed by atoms with Gasteiger partial charge in [0.15, 0.2) is 9.84 Å². The van der Waals surface area contributed by atoms with Gasteiger partial charge < -0.3 is 0 Å². The first kappa shape index (κ1) is 15.8. The Labute approximate surface area is 122 Å². The largest absolute Gasteiger partial charge is 0.285 e. The number of hydrogen-bond acceptors (Lipinski definition) is 3. The van der Waals surface area contributed by atoms with Crippen molar-refractivity contribution in [2.45, 2.75) is 30.1 Å². The molecule has 0 amide bonds. The predicted molar refractivity (Wildman–Crippen MR) is 75.7 cm³/mol. The molecule has 113 valence electrons. The minimum atomic E-state index is -3.31. The molecular formula is C15H15F2O3S. The van der Waals surface area contributed by atoms with E-state index in [1.54, 1.807) is 6.29 Å². The first-order valence-electron chi connectivity index (χ1n) is 6.50. The van der Waals surface area contributed by atoms with Crippen LogP contribution in [0.1, 0.15) is 18.4 Å². The fourth-order valence-corrected chi connectivity index (χ4v) is 3.04. The maximum Gasteiger partial charge on any atom is 0.233 e. The van der Waals surface area contributed by atoms with Gasteiger partial charge in [-0.3, -0.25) is 4.79 Å². The minimum Gasteiger partial charge on any atom is -0.285 e. The Bertz CT molecular complexity index is 640. The summed E-state index contributed by atoms with van der Waals surface area (Å²) in [7, 11) is -3.31. The summed E-state index contributed by atoms with van der Waals surface area (Å²) >= 11 is 0. The van der Waals surface area contributed by atoms with Crippen LogP contribution in [0.4, 0.5) is 8.78 Å². The molecule has 21 heavy (non-hydrogen) atoms. The van der Waals surface area contributed by atoms with Crippen molar-refractivity contribution < 1.29 is 22.0 Å². The minimum absolute atomic E-state index is 0.0494. The molecule has 0 bridgehead atoms. The number of alkyl halides is 2. The molecule has 0 saturated heterocycles. The Balaban J connectivity index is 2.24. The van der Waals surface area contributed by atoms with E-state index in [1.165, 1.54) is 30.3 Å². The van der Waals surface area contributed by atoms with Gasteiger partial charge >= 0.3 is 0 Å². The van der Waals surface area contributed by atoms with Gasteiger partial charge in [-0.05, 0) is 36.5 Å². The molecule has 0 aromatic heterocycles. The van der Waals surface area contributed by atoms with Crippen molar-refractivity contribution in [1.29, 1.82) is 0 Å². The lowest BCUT2D eigenvalue weighted by molar-refractivity contribution is 0.199. The maximum atomic E-state index is 13.1. The van der Waals surface area contributed by atoms with Gasteiger partial charge in [0.05, 0.1) is 4.90 Å². The fourth-order valence-electron chi connectivity index (χ4n) is 2.41. The number of rotatable bonds is 4. The Hall–Kier alpha value is -1.56. The van der Waals surface area contributed by atoms with E-state index >= 15 is 0 Å². The van der Waals surface area contributed by atoms with E-state index in [0.29, 0.717) is 5.56 Å². The van der Waals surface area contributed by atoms with Crippen LogP contribution in [0.2, 0.25) is 0 Å². The van der Waals surface area contributed by atoms with Gasteiger partial charge in [-0.15, -0.1) is 0 Å². The fraction of sp³-hybridized carbons (Fsp3) is 0.400. The van der Waals surface area contributed by atoms with E-state index in [4.69, 9.17) is 0 Å². The van der Waals surface area contributed by atoms with E-state index < -0.39 is 22.2 Å². The van der Waals surface area contributed by atoms with Crippen molar-refractivity contribution in [3.63, 3.8) is 0 Å². The van der Waals surface area contributed by atoms with Crippen LogP contribution in [0.5, 0.6) is 0 Å². The summed E-state index contributed by atoms with van der Waals surface area (Å²) in [6, 6.07) is 5.75. The van der Waals surface area contributed by atoms with Gasteiger partial charge in [0.2, 0.25) is 6.29 Å². The van der Waals surface area contributed by atoms with E-state index in [0.717, 1.165) is 6.26 Å². The van der Waals surface area contributed by atoms with Crippen molar-refractivity contribution >= 4 is 21.7 Å². The van der Waals surface area contributed by atoms with Crippen LogP contribution in [0.25, 0.3) is 5.57 Å². The molecule has 0 aliphatic heterocycles. The van der Waals surface area contributed by atoms with Crippen LogP contribution in [-0.4, -0.2) is 33.3 Å². The van der Waals surface area contributed by atoms with E-state index in [-0.39, 0.29) is 29.2 Å². The molecule has 3 nitrogen and oxygen atoms in total. The zero-order chi connectivity index (χ0) is 15.6. The molecule has 2 rings (SSSR count). The Morgan fingerprint density at radius 3 is 2.14 bits per heavy atom. The standard InChI is InChI=1S/C15H15F2O3S/c1-21(19,20)13-4-2-11(3-5-13)12(9-18)6-10-7-14(16)15(17)8-10/h2-6,10,14-15H,7-8H2,1H3/b12-6-/t10-,14+,15-. The third kappa shape index (κ3) is 3.75. The summed E-state index contributed by atoms with van der Waals surface area (Å²) in [5.41, 5.74) is 0.677. The summed E-state index contributed by atoms with van der Waals surface area (Å²) < 4.78 is 49.0. The Morgan fingerprint density at radius 1 is 1.19 bits per heavy atom. The van der Waals surface area contributed by atoms with E-state index in [2.05, 4.69) is 0 Å². The number of sulfone groups is 1.